The van der Waals surface area contributed by atoms with Crippen molar-refractivity contribution in [2.75, 3.05) is 7.11 Å². The summed E-state index contributed by atoms with van der Waals surface area (Å²) in [4.78, 5) is 1.29. The maximum absolute atomic E-state index is 5.97. The van der Waals surface area contributed by atoms with Crippen LogP contribution in [0.5, 0.6) is 5.75 Å². The molecule has 1 aromatic heterocycles. The lowest BCUT2D eigenvalue weighted by molar-refractivity contribution is 0.410. The van der Waals surface area contributed by atoms with Crippen molar-refractivity contribution < 1.29 is 4.74 Å². The Bertz CT molecular complexity index is 596. The molecule has 1 N–H and O–H groups in total. The highest BCUT2D eigenvalue weighted by molar-refractivity contribution is 7.16. The molecule has 1 heterocycles. The summed E-state index contributed by atoms with van der Waals surface area (Å²) in [5.74, 6) is 0.953. The van der Waals surface area contributed by atoms with Gasteiger partial charge >= 0.3 is 0 Å². The van der Waals surface area contributed by atoms with Crippen LogP contribution in [0.2, 0.25) is 4.34 Å². The molecule has 1 aliphatic rings. The normalized spacial score (nSPS) is 17.8. The number of aryl methyl sites for hydroxylation is 1. The standard InChI is InChI=1S/C16H18ClNOS/c1-19-12-5-7-14-11(9-12)3-2-4-15(14)18-10-13-6-8-16(17)20-13/h5-9,15,18H,2-4,10H2,1H3. The molecule has 1 unspecified atom stereocenters. The van der Waals surface area contributed by atoms with E-state index in [4.69, 9.17) is 16.3 Å². The molecule has 4 heteroatoms. The zero-order valence-electron chi connectivity index (χ0n) is 11.5. The van der Waals surface area contributed by atoms with Crippen LogP contribution in [0.25, 0.3) is 0 Å². The molecule has 2 nitrogen and oxygen atoms in total. The molecule has 2 aromatic rings. The molecule has 1 aliphatic carbocycles. The van der Waals surface area contributed by atoms with Gasteiger partial charge in [-0.1, -0.05) is 17.7 Å². The van der Waals surface area contributed by atoms with Crippen LogP contribution in [0.15, 0.2) is 30.3 Å². The largest absolute Gasteiger partial charge is 0.497 e. The smallest absolute Gasteiger partial charge is 0.119 e. The summed E-state index contributed by atoms with van der Waals surface area (Å²) in [6.45, 7) is 0.882. The molecule has 3 rings (SSSR count). The van der Waals surface area contributed by atoms with Crippen molar-refractivity contribution in [2.24, 2.45) is 0 Å². The Kier molecular flexibility index (Phi) is 4.29. The van der Waals surface area contributed by atoms with Crippen molar-refractivity contribution in [3.63, 3.8) is 0 Å². The van der Waals surface area contributed by atoms with Crippen LogP contribution in [0.3, 0.4) is 0 Å². The van der Waals surface area contributed by atoms with E-state index in [0.29, 0.717) is 6.04 Å². The van der Waals surface area contributed by atoms with Crippen LogP contribution in [0.4, 0.5) is 0 Å². The Morgan fingerprint density at radius 2 is 2.25 bits per heavy atom. The first-order valence-electron chi connectivity index (χ1n) is 6.90. The van der Waals surface area contributed by atoms with Crippen LogP contribution < -0.4 is 10.1 Å². The second-order valence-electron chi connectivity index (χ2n) is 5.10. The van der Waals surface area contributed by atoms with Gasteiger partial charge in [0.15, 0.2) is 0 Å². The quantitative estimate of drug-likeness (QED) is 0.893. The number of nitrogens with one attached hydrogen (secondary N) is 1. The predicted octanol–water partition coefficient (Wildman–Crippen LogP) is 4.58. The summed E-state index contributed by atoms with van der Waals surface area (Å²) >= 11 is 7.62. The zero-order valence-corrected chi connectivity index (χ0v) is 13.1. The number of rotatable bonds is 4. The minimum atomic E-state index is 0.436. The van der Waals surface area contributed by atoms with Gasteiger partial charge < -0.3 is 10.1 Å². The van der Waals surface area contributed by atoms with Crippen LogP contribution in [0.1, 0.15) is 34.9 Å². The summed E-state index contributed by atoms with van der Waals surface area (Å²) in [6.07, 6.45) is 3.57. The van der Waals surface area contributed by atoms with E-state index in [-0.39, 0.29) is 0 Å². The fraction of sp³-hybridized carbons (Fsp3) is 0.375. The van der Waals surface area contributed by atoms with Crippen LogP contribution in [-0.2, 0) is 13.0 Å². The highest BCUT2D eigenvalue weighted by Gasteiger charge is 2.20. The number of thiophene rings is 1. The fourth-order valence-electron chi connectivity index (χ4n) is 2.80. The molecule has 0 bridgehead atoms. The molecule has 0 amide bonds. The SMILES string of the molecule is COc1ccc2c(c1)CCCC2NCc1ccc(Cl)s1. The molecule has 0 spiro atoms. The third kappa shape index (κ3) is 3.00. The van der Waals surface area contributed by atoms with Gasteiger partial charge in [-0.05, 0) is 54.7 Å². The summed E-state index contributed by atoms with van der Waals surface area (Å²) in [7, 11) is 1.72. The monoisotopic (exact) mass is 307 g/mol. The van der Waals surface area contributed by atoms with E-state index < -0.39 is 0 Å². The van der Waals surface area contributed by atoms with Gasteiger partial charge in [-0.3, -0.25) is 0 Å². The summed E-state index contributed by atoms with van der Waals surface area (Å²) in [5.41, 5.74) is 2.83. The minimum absolute atomic E-state index is 0.436. The van der Waals surface area contributed by atoms with Crippen LogP contribution in [0, 0.1) is 0 Å². The van der Waals surface area contributed by atoms with Gasteiger partial charge in [0, 0.05) is 17.5 Å². The Morgan fingerprint density at radius 3 is 3.00 bits per heavy atom. The molecule has 1 aromatic carbocycles. The summed E-state index contributed by atoms with van der Waals surface area (Å²) in [6, 6.07) is 10.9. The molecule has 1 atom stereocenters. The van der Waals surface area contributed by atoms with Crippen LogP contribution >= 0.6 is 22.9 Å². The van der Waals surface area contributed by atoms with E-state index in [1.54, 1.807) is 18.4 Å². The Hall–Kier alpha value is -1.03. The second-order valence-corrected chi connectivity index (χ2v) is 6.90. The van der Waals surface area contributed by atoms with Crippen molar-refractivity contribution >= 4 is 22.9 Å². The van der Waals surface area contributed by atoms with E-state index in [1.165, 1.54) is 28.8 Å². The Labute approximate surface area is 128 Å². The van der Waals surface area contributed by atoms with Crippen molar-refractivity contribution in [3.05, 3.63) is 50.7 Å². The lowest BCUT2D eigenvalue weighted by Crippen LogP contribution is -2.24. The van der Waals surface area contributed by atoms with E-state index in [9.17, 15) is 0 Å². The molecule has 0 fully saturated rings. The Balaban J connectivity index is 1.73. The average Bonchev–Trinajstić information content (AvgIpc) is 2.90. The first kappa shape index (κ1) is 13.9. The number of fused-ring (bicyclic) bond motifs is 1. The van der Waals surface area contributed by atoms with E-state index in [1.807, 2.05) is 6.07 Å². The molecule has 0 saturated carbocycles. The van der Waals surface area contributed by atoms with Crippen molar-refractivity contribution in [3.8, 4) is 5.75 Å². The number of hydrogen-bond donors (Lipinski definition) is 1. The van der Waals surface area contributed by atoms with Gasteiger partial charge in [0.05, 0.1) is 11.4 Å². The molecule has 106 valence electrons. The zero-order chi connectivity index (χ0) is 13.9. The van der Waals surface area contributed by atoms with Gasteiger partial charge in [0.25, 0.3) is 0 Å². The van der Waals surface area contributed by atoms with Gasteiger partial charge in [-0.2, -0.15) is 0 Å². The van der Waals surface area contributed by atoms with Crippen molar-refractivity contribution in [2.45, 2.75) is 31.8 Å². The molecular formula is C16H18ClNOS. The lowest BCUT2D eigenvalue weighted by atomic mass is 9.87. The molecule has 0 saturated heterocycles. The average molecular weight is 308 g/mol. The molecule has 0 aliphatic heterocycles. The number of ether oxygens (including phenoxy) is 1. The molecule has 20 heavy (non-hydrogen) atoms. The first-order chi connectivity index (χ1) is 9.76. The van der Waals surface area contributed by atoms with Crippen molar-refractivity contribution in [1.29, 1.82) is 0 Å². The molecular weight excluding hydrogens is 290 g/mol. The van der Waals surface area contributed by atoms with Gasteiger partial charge in [0.2, 0.25) is 0 Å². The van der Waals surface area contributed by atoms with Gasteiger partial charge in [-0.25, -0.2) is 0 Å². The lowest BCUT2D eigenvalue weighted by Gasteiger charge is -2.26. The molecule has 0 radical (unpaired) electrons. The first-order valence-corrected chi connectivity index (χ1v) is 8.10. The van der Waals surface area contributed by atoms with E-state index in [0.717, 1.165) is 23.1 Å². The maximum atomic E-state index is 5.97. The summed E-state index contributed by atoms with van der Waals surface area (Å²) in [5, 5.41) is 3.66. The highest BCUT2D eigenvalue weighted by Crippen LogP contribution is 2.32. The maximum Gasteiger partial charge on any atom is 0.119 e. The van der Waals surface area contributed by atoms with Gasteiger partial charge in [0.1, 0.15) is 5.75 Å². The van der Waals surface area contributed by atoms with Crippen LogP contribution in [-0.4, -0.2) is 7.11 Å². The number of halogens is 1. The van der Waals surface area contributed by atoms with Crippen molar-refractivity contribution in [1.82, 2.24) is 5.32 Å². The Morgan fingerprint density at radius 1 is 1.35 bits per heavy atom. The topological polar surface area (TPSA) is 21.3 Å². The second kappa shape index (κ2) is 6.17. The van der Waals surface area contributed by atoms with Gasteiger partial charge in [-0.15, -0.1) is 11.3 Å². The number of methoxy groups -OCH3 is 1. The number of hydrogen-bond acceptors (Lipinski definition) is 3. The summed E-state index contributed by atoms with van der Waals surface area (Å²) < 4.78 is 6.17. The third-order valence-corrected chi connectivity index (χ3v) is 5.05. The van der Waals surface area contributed by atoms with E-state index >= 15 is 0 Å². The van der Waals surface area contributed by atoms with E-state index in [2.05, 4.69) is 29.6 Å². The highest BCUT2D eigenvalue weighted by atomic mass is 35.5. The minimum Gasteiger partial charge on any atom is -0.497 e. The number of benzene rings is 1. The third-order valence-electron chi connectivity index (χ3n) is 3.82. The predicted molar refractivity (Wildman–Crippen MR) is 84.8 cm³/mol. The fourth-order valence-corrected chi connectivity index (χ4v) is 3.84.